The first-order valence-corrected chi connectivity index (χ1v) is 13.7. The van der Waals surface area contributed by atoms with E-state index in [1.54, 1.807) is 0 Å². The Morgan fingerprint density at radius 3 is 2.65 bits per heavy atom. The number of imidazole rings is 1. The van der Waals surface area contributed by atoms with Crippen molar-refractivity contribution in [3.8, 4) is 0 Å². The second-order valence-corrected chi connectivity index (χ2v) is 11.9. The number of aromatic nitrogens is 3. The van der Waals surface area contributed by atoms with E-state index in [4.69, 9.17) is 9.47 Å². The zero-order chi connectivity index (χ0) is 25.8. The maximum atomic E-state index is 6.02. The number of likely N-dealkylation sites (N-methyl/N-ethyl adjacent to an activating group) is 1. The molecule has 37 heavy (non-hydrogen) atoms. The quantitative estimate of drug-likeness (QED) is 0.543. The third kappa shape index (κ3) is 4.82. The Bertz CT molecular complexity index is 1270. The van der Waals surface area contributed by atoms with Crippen LogP contribution in [0.15, 0.2) is 35.6 Å². The molecule has 4 heterocycles. The minimum Gasteiger partial charge on any atom is -0.373 e. The Kier molecular flexibility index (Phi) is 6.17. The van der Waals surface area contributed by atoms with Gasteiger partial charge in [-0.05, 0) is 77.6 Å². The molecule has 1 spiro atoms. The molecule has 2 fully saturated rings. The van der Waals surface area contributed by atoms with E-state index in [-0.39, 0.29) is 5.41 Å². The number of pyridine rings is 1. The Morgan fingerprint density at radius 1 is 1.16 bits per heavy atom. The van der Waals surface area contributed by atoms with Crippen LogP contribution in [0, 0.1) is 18.3 Å². The van der Waals surface area contributed by atoms with Gasteiger partial charge in [0.2, 0.25) is 0 Å². The van der Waals surface area contributed by atoms with Crippen LogP contribution >= 0.6 is 0 Å². The summed E-state index contributed by atoms with van der Waals surface area (Å²) in [6.45, 7) is 8.64. The number of nitrogens with zero attached hydrogens (tertiary/aromatic N) is 3. The monoisotopic (exact) mass is 504 g/mol. The summed E-state index contributed by atoms with van der Waals surface area (Å²) in [4.78, 5) is 15.1. The van der Waals surface area contributed by atoms with Crippen LogP contribution in [0.25, 0.3) is 16.9 Å². The number of rotatable bonds is 5. The Morgan fingerprint density at radius 2 is 1.92 bits per heavy atom. The number of ether oxygens (including phenoxy) is 2. The second kappa shape index (κ2) is 9.26. The molecule has 198 valence electrons. The second-order valence-electron chi connectivity index (χ2n) is 11.9. The molecular formula is C29H40N6O2. The van der Waals surface area contributed by atoms with Crippen molar-refractivity contribution < 1.29 is 9.47 Å². The van der Waals surface area contributed by atoms with Gasteiger partial charge in [-0.2, -0.15) is 0 Å². The van der Waals surface area contributed by atoms with Gasteiger partial charge < -0.3 is 25.1 Å². The summed E-state index contributed by atoms with van der Waals surface area (Å²) in [5, 5.41) is 6.89. The summed E-state index contributed by atoms with van der Waals surface area (Å²) >= 11 is 0. The molecule has 0 amide bonds. The Hall–Kier alpha value is -2.68. The van der Waals surface area contributed by atoms with Crippen molar-refractivity contribution >= 4 is 22.7 Å². The maximum absolute atomic E-state index is 6.02. The molecule has 6 rings (SSSR count). The van der Waals surface area contributed by atoms with Crippen molar-refractivity contribution in [2.45, 2.75) is 64.7 Å². The first kappa shape index (κ1) is 24.6. The van der Waals surface area contributed by atoms with Crippen LogP contribution < -0.4 is 10.6 Å². The topological polar surface area (TPSA) is 87.3 Å². The number of anilines is 1. The fraction of sp³-hybridized carbons (Fsp3) is 0.586. The standard InChI is InChI=1S/C29H40N6O2/c1-18-31-26-22(14-25(30-4)34-27(26)32-18)24-13-20-7-6-19(12-23(20)33-24)15-35(5)21-8-10-29(11-9-21)16-36-28(2,3)37-17-29/h6,12-14,20-21,33H,7-11,15-17H2,1-5H3,(H2,30,31,32,34). The van der Waals surface area contributed by atoms with Gasteiger partial charge in [0.25, 0.3) is 0 Å². The minimum atomic E-state index is -0.434. The van der Waals surface area contributed by atoms with Crippen LogP contribution in [0.5, 0.6) is 0 Å². The molecule has 0 aromatic carbocycles. The molecule has 2 aromatic heterocycles. The SMILES string of the molecule is CNc1cc(C2=CC3CC=C(CN(C)C4CCC5(CC4)COC(C)(C)OC5)C=C3N2)c2[nH]c(C)nc2n1. The number of hydrogen-bond acceptors (Lipinski definition) is 7. The molecule has 0 radical (unpaired) electrons. The lowest BCUT2D eigenvalue weighted by Crippen LogP contribution is -2.50. The number of allylic oxidation sites excluding steroid dienone is 2. The van der Waals surface area contributed by atoms with E-state index in [0.717, 1.165) is 60.2 Å². The summed E-state index contributed by atoms with van der Waals surface area (Å²) in [6.07, 6.45) is 12.9. The molecule has 1 atom stereocenters. The van der Waals surface area contributed by atoms with Crippen molar-refractivity contribution in [1.29, 1.82) is 0 Å². The highest BCUT2D eigenvalue weighted by Crippen LogP contribution is 2.43. The minimum absolute atomic E-state index is 0.209. The van der Waals surface area contributed by atoms with E-state index in [1.807, 2.05) is 27.8 Å². The average molecular weight is 505 g/mol. The van der Waals surface area contributed by atoms with Gasteiger partial charge in [-0.15, -0.1) is 0 Å². The van der Waals surface area contributed by atoms with Gasteiger partial charge in [0.1, 0.15) is 11.6 Å². The predicted molar refractivity (Wildman–Crippen MR) is 147 cm³/mol. The van der Waals surface area contributed by atoms with Gasteiger partial charge in [0, 0.05) is 47.9 Å². The summed E-state index contributed by atoms with van der Waals surface area (Å²) < 4.78 is 12.0. The van der Waals surface area contributed by atoms with E-state index in [2.05, 4.69) is 61.8 Å². The highest BCUT2D eigenvalue weighted by molar-refractivity contribution is 5.90. The van der Waals surface area contributed by atoms with Gasteiger partial charge >= 0.3 is 0 Å². The molecule has 2 aliphatic heterocycles. The summed E-state index contributed by atoms with van der Waals surface area (Å²) in [7, 11) is 4.18. The van der Waals surface area contributed by atoms with Crippen LogP contribution in [0.3, 0.4) is 0 Å². The van der Waals surface area contributed by atoms with Crippen LogP contribution in [-0.2, 0) is 9.47 Å². The Balaban J connectivity index is 1.09. The smallest absolute Gasteiger partial charge is 0.180 e. The lowest BCUT2D eigenvalue weighted by molar-refractivity contribution is -0.290. The molecule has 8 heteroatoms. The number of nitrogens with one attached hydrogen (secondary N) is 3. The summed E-state index contributed by atoms with van der Waals surface area (Å²) in [5.74, 6) is 1.65. The zero-order valence-corrected chi connectivity index (χ0v) is 22.8. The van der Waals surface area contributed by atoms with Gasteiger partial charge in [0.15, 0.2) is 11.4 Å². The molecule has 1 saturated carbocycles. The normalized spacial score (nSPS) is 25.0. The number of fused-ring (bicyclic) bond motifs is 2. The number of aromatic amines is 1. The zero-order valence-electron chi connectivity index (χ0n) is 22.8. The number of aryl methyl sites for hydroxylation is 1. The molecule has 3 N–H and O–H groups in total. The summed E-state index contributed by atoms with van der Waals surface area (Å²) in [6, 6.07) is 2.70. The molecule has 0 bridgehead atoms. The van der Waals surface area contributed by atoms with Crippen LogP contribution in [0.2, 0.25) is 0 Å². The highest BCUT2D eigenvalue weighted by Gasteiger charge is 2.43. The van der Waals surface area contributed by atoms with E-state index in [0.29, 0.717) is 12.0 Å². The lowest BCUT2D eigenvalue weighted by atomic mass is 9.72. The van der Waals surface area contributed by atoms with E-state index in [1.165, 1.54) is 37.0 Å². The third-order valence-electron chi connectivity index (χ3n) is 8.67. The van der Waals surface area contributed by atoms with Crippen LogP contribution in [0.4, 0.5) is 5.82 Å². The van der Waals surface area contributed by atoms with Gasteiger partial charge in [-0.25, -0.2) is 9.97 Å². The van der Waals surface area contributed by atoms with Gasteiger partial charge in [-0.3, -0.25) is 4.90 Å². The van der Waals surface area contributed by atoms with Crippen molar-refractivity contribution in [3.63, 3.8) is 0 Å². The molecule has 2 aromatic rings. The van der Waals surface area contributed by atoms with Gasteiger partial charge in [-0.1, -0.05) is 12.2 Å². The first-order valence-electron chi connectivity index (χ1n) is 13.7. The van der Waals surface area contributed by atoms with Crippen LogP contribution in [0.1, 0.15) is 57.3 Å². The van der Waals surface area contributed by atoms with Crippen molar-refractivity contribution in [2.75, 3.05) is 39.2 Å². The molecular weight excluding hydrogens is 464 g/mol. The molecule has 8 nitrogen and oxygen atoms in total. The highest BCUT2D eigenvalue weighted by atomic mass is 16.7. The van der Waals surface area contributed by atoms with Crippen molar-refractivity contribution in [3.05, 3.63) is 47.0 Å². The summed E-state index contributed by atoms with van der Waals surface area (Å²) in [5.41, 5.74) is 6.86. The largest absolute Gasteiger partial charge is 0.373 e. The third-order valence-corrected chi connectivity index (χ3v) is 8.67. The predicted octanol–water partition coefficient (Wildman–Crippen LogP) is 4.73. The van der Waals surface area contributed by atoms with Gasteiger partial charge in [0.05, 0.1) is 18.7 Å². The van der Waals surface area contributed by atoms with E-state index in [9.17, 15) is 0 Å². The number of H-pyrrole nitrogens is 1. The molecule has 1 unspecified atom stereocenters. The lowest BCUT2D eigenvalue weighted by Gasteiger charge is -2.48. The van der Waals surface area contributed by atoms with Crippen LogP contribution in [-0.4, -0.2) is 65.5 Å². The fourth-order valence-electron chi connectivity index (χ4n) is 6.27. The van der Waals surface area contributed by atoms with Crippen molar-refractivity contribution in [1.82, 2.24) is 25.2 Å². The fourth-order valence-corrected chi connectivity index (χ4v) is 6.27. The number of hydrogen-bond donors (Lipinski definition) is 3. The average Bonchev–Trinajstić information content (AvgIpc) is 3.48. The van der Waals surface area contributed by atoms with E-state index >= 15 is 0 Å². The first-order chi connectivity index (χ1) is 17.7. The molecule has 4 aliphatic rings. The van der Waals surface area contributed by atoms with Crippen molar-refractivity contribution in [2.24, 2.45) is 11.3 Å². The molecule has 1 saturated heterocycles. The van der Waals surface area contributed by atoms with E-state index < -0.39 is 5.79 Å². The Labute approximate surface area is 219 Å². The molecule has 2 aliphatic carbocycles. The maximum Gasteiger partial charge on any atom is 0.180 e.